The van der Waals surface area contributed by atoms with Gasteiger partial charge in [-0.05, 0) is 52.7 Å². The highest BCUT2D eigenvalue weighted by Gasteiger charge is 2.30. The van der Waals surface area contributed by atoms with Gasteiger partial charge in [-0.1, -0.05) is 31.5 Å². The normalized spacial score (nSPS) is 23.4. The van der Waals surface area contributed by atoms with E-state index in [0.717, 1.165) is 15.2 Å². The number of nitrogens with one attached hydrogen (secondary N) is 1. The quantitative estimate of drug-likeness (QED) is 0.802. The first kappa shape index (κ1) is 12.3. The molecular formula is C13H17BrClN. The molecule has 1 atom stereocenters. The van der Waals surface area contributed by atoms with Gasteiger partial charge in [-0.25, -0.2) is 0 Å². The lowest BCUT2D eigenvalue weighted by Gasteiger charge is -2.19. The summed E-state index contributed by atoms with van der Waals surface area (Å²) in [7, 11) is 0. The second kappa shape index (κ2) is 4.58. The highest BCUT2D eigenvalue weighted by atomic mass is 79.9. The maximum atomic E-state index is 6.07. The molecule has 16 heavy (non-hydrogen) atoms. The molecule has 1 aliphatic carbocycles. The van der Waals surface area contributed by atoms with Gasteiger partial charge in [-0.2, -0.15) is 0 Å². The van der Waals surface area contributed by atoms with Crippen molar-refractivity contribution >= 4 is 33.2 Å². The third kappa shape index (κ3) is 2.72. The topological polar surface area (TPSA) is 12.0 Å². The summed E-state index contributed by atoms with van der Waals surface area (Å²) in [6.07, 6.45) is 3.76. The predicted octanol–water partition coefficient (Wildman–Crippen LogP) is 5.09. The van der Waals surface area contributed by atoms with Crippen LogP contribution in [0.4, 0.5) is 5.69 Å². The van der Waals surface area contributed by atoms with Crippen LogP contribution >= 0.6 is 27.5 Å². The summed E-state index contributed by atoms with van der Waals surface area (Å²) in [5.41, 5.74) is 1.58. The molecule has 1 aromatic carbocycles. The lowest BCUT2D eigenvalue weighted by atomic mass is 9.92. The third-order valence-corrected chi connectivity index (χ3v) is 4.68. The maximum absolute atomic E-state index is 6.07. The van der Waals surface area contributed by atoms with E-state index in [4.69, 9.17) is 11.6 Å². The predicted molar refractivity (Wildman–Crippen MR) is 74.2 cm³/mol. The van der Waals surface area contributed by atoms with E-state index < -0.39 is 0 Å². The zero-order chi connectivity index (χ0) is 11.8. The van der Waals surface area contributed by atoms with Crippen LogP contribution in [0.5, 0.6) is 0 Å². The zero-order valence-electron chi connectivity index (χ0n) is 9.69. The summed E-state index contributed by atoms with van der Waals surface area (Å²) < 4.78 is 0.973. The summed E-state index contributed by atoms with van der Waals surface area (Å²) in [6.45, 7) is 4.67. The number of hydrogen-bond acceptors (Lipinski definition) is 1. The lowest BCUT2D eigenvalue weighted by molar-refractivity contribution is 0.378. The molecule has 1 unspecified atom stereocenters. The Kier molecular flexibility index (Phi) is 3.50. The van der Waals surface area contributed by atoms with E-state index in [0.29, 0.717) is 11.5 Å². The van der Waals surface area contributed by atoms with Crippen molar-refractivity contribution in [3.8, 4) is 0 Å². The van der Waals surface area contributed by atoms with Crippen molar-refractivity contribution in [3.63, 3.8) is 0 Å². The largest absolute Gasteiger partial charge is 0.381 e. The van der Waals surface area contributed by atoms with Crippen LogP contribution in [0.2, 0.25) is 5.02 Å². The first-order chi connectivity index (χ1) is 7.48. The molecule has 2 rings (SSSR count). The molecule has 3 heteroatoms. The van der Waals surface area contributed by atoms with Gasteiger partial charge in [0, 0.05) is 6.04 Å². The fraction of sp³-hybridized carbons (Fsp3) is 0.538. The van der Waals surface area contributed by atoms with Crippen LogP contribution in [-0.2, 0) is 0 Å². The molecule has 1 N–H and O–H groups in total. The van der Waals surface area contributed by atoms with E-state index >= 15 is 0 Å². The Morgan fingerprint density at radius 1 is 1.44 bits per heavy atom. The highest BCUT2D eigenvalue weighted by molar-refractivity contribution is 9.10. The van der Waals surface area contributed by atoms with Crippen molar-refractivity contribution in [1.82, 2.24) is 0 Å². The van der Waals surface area contributed by atoms with Crippen molar-refractivity contribution in [1.29, 1.82) is 0 Å². The summed E-state index contributed by atoms with van der Waals surface area (Å²) in [5.74, 6) is 0. The Hall–Kier alpha value is -0.210. The van der Waals surface area contributed by atoms with Crippen LogP contribution in [0.25, 0.3) is 0 Å². The van der Waals surface area contributed by atoms with Gasteiger partial charge in [-0.15, -0.1) is 0 Å². The molecule has 0 bridgehead atoms. The summed E-state index contributed by atoms with van der Waals surface area (Å²) in [4.78, 5) is 0. The van der Waals surface area contributed by atoms with Crippen LogP contribution in [0, 0.1) is 5.41 Å². The van der Waals surface area contributed by atoms with Crippen LogP contribution in [0.15, 0.2) is 22.7 Å². The Labute approximate surface area is 111 Å². The average Bonchev–Trinajstić information content (AvgIpc) is 2.53. The molecule has 88 valence electrons. The minimum absolute atomic E-state index is 0.475. The van der Waals surface area contributed by atoms with Gasteiger partial charge in [0.05, 0.1) is 15.2 Å². The first-order valence-corrected chi connectivity index (χ1v) is 6.86. The maximum Gasteiger partial charge on any atom is 0.0593 e. The second-order valence-electron chi connectivity index (χ2n) is 5.35. The van der Waals surface area contributed by atoms with Gasteiger partial charge in [0.25, 0.3) is 0 Å². The minimum Gasteiger partial charge on any atom is -0.381 e. The number of halogens is 2. The van der Waals surface area contributed by atoms with Gasteiger partial charge in [0.15, 0.2) is 0 Å². The first-order valence-electron chi connectivity index (χ1n) is 5.68. The van der Waals surface area contributed by atoms with Gasteiger partial charge < -0.3 is 5.32 Å². The van der Waals surface area contributed by atoms with Gasteiger partial charge in [-0.3, -0.25) is 0 Å². The van der Waals surface area contributed by atoms with Gasteiger partial charge in [0.1, 0.15) is 0 Å². The molecule has 1 aromatic rings. The molecule has 0 radical (unpaired) electrons. The molecule has 1 aliphatic rings. The molecule has 1 nitrogen and oxygen atoms in total. The Balaban J connectivity index is 2.08. The van der Waals surface area contributed by atoms with Gasteiger partial charge >= 0.3 is 0 Å². The Morgan fingerprint density at radius 2 is 2.19 bits per heavy atom. The molecule has 0 aromatic heterocycles. The van der Waals surface area contributed by atoms with Crippen molar-refractivity contribution < 1.29 is 0 Å². The highest BCUT2D eigenvalue weighted by Crippen LogP contribution is 2.39. The number of rotatable bonds is 2. The van der Waals surface area contributed by atoms with Crippen molar-refractivity contribution in [3.05, 3.63) is 27.7 Å². The van der Waals surface area contributed by atoms with Crippen LogP contribution in [-0.4, -0.2) is 6.04 Å². The molecule has 0 amide bonds. The lowest BCUT2D eigenvalue weighted by Crippen LogP contribution is -2.17. The van der Waals surface area contributed by atoms with Crippen LogP contribution < -0.4 is 5.32 Å². The summed E-state index contributed by atoms with van der Waals surface area (Å²) in [6, 6.07) is 6.52. The van der Waals surface area contributed by atoms with E-state index in [1.807, 2.05) is 12.1 Å². The van der Waals surface area contributed by atoms with Crippen LogP contribution in [0.3, 0.4) is 0 Å². The molecule has 1 saturated carbocycles. The fourth-order valence-corrected chi connectivity index (χ4v) is 2.95. The van der Waals surface area contributed by atoms with E-state index in [1.165, 1.54) is 19.3 Å². The number of anilines is 1. The third-order valence-electron chi connectivity index (χ3n) is 3.28. The van der Waals surface area contributed by atoms with Crippen molar-refractivity contribution in [2.45, 2.75) is 39.2 Å². The summed E-state index contributed by atoms with van der Waals surface area (Å²) in [5, 5.41) is 4.34. The molecule has 0 heterocycles. The number of benzene rings is 1. The molecule has 0 aliphatic heterocycles. The van der Waals surface area contributed by atoms with E-state index in [9.17, 15) is 0 Å². The summed E-state index contributed by atoms with van der Waals surface area (Å²) >= 11 is 9.59. The fourth-order valence-electron chi connectivity index (χ4n) is 2.39. The van der Waals surface area contributed by atoms with Gasteiger partial charge in [0.2, 0.25) is 0 Å². The average molecular weight is 303 g/mol. The zero-order valence-corrected chi connectivity index (χ0v) is 12.0. The standard InChI is InChI=1S/C13H17BrClN/c1-13(2)7-6-9(8-13)16-11-5-3-4-10(15)12(11)14/h3-5,9,16H,6-8H2,1-2H3. The Bertz CT molecular complexity index is 390. The monoisotopic (exact) mass is 301 g/mol. The van der Waals surface area contributed by atoms with Crippen molar-refractivity contribution in [2.24, 2.45) is 5.41 Å². The SMILES string of the molecule is CC1(C)CCC(Nc2cccc(Cl)c2Br)C1. The smallest absolute Gasteiger partial charge is 0.0593 e. The molecular weight excluding hydrogens is 286 g/mol. The Morgan fingerprint density at radius 3 is 2.81 bits per heavy atom. The minimum atomic E-state index is 0.475. The molecule has 0 saturated heterocycles. The van der Waals surface area contributed by atoms with E-state index in [1.54, 1.807) is 0 Å². The molecule has 1 fully saturated rings. The number of hydrogen-bond donors (Lipinski definition) is 1. The molecule has 0 spiro atoms. The second-order valence-corrected chi connectivity index (χ2v) is 6.55. The van der Waals surface area contributed by atoms with Crippen molar-refractivity contribution in [2.75, 3.05) is 5.32 Å². The van der Waals surface area contributed by atoms with Crippen LogP contribution in [0.1, 0.15) is 33.1 Å². The van der Waals surface area contributed by atoms with E-state index in [-0.39, 0.29) is 0 Å². The van der Waals surface area contributed by atoms with E-state index in [2.05, 4.69) is 41.2 Å².